The number of hydrogen-bond donors (Lipinski definition) is 1. The summed E-state index contributed by atoms with van der Waals surface area (Å²) in [4.78, 5) is 24.2. The van der Waals surface area contributed by atoms with Crippen LogP contribution in [0.2, 0.25) is 0 Å². The molecule has 0 saturated carbocycles. The molecule has 1 N–H and O–H groups in total. The summed E-state index contributed by atoms with van der Waals surface area (Å²) in [5.41, 5.74) is -1.89. The van der Waals surface area contributed by atoms with E-state index in [1.807, 2.05) is 0 Å². The molecule has 1 aliphatic heterocycles. The minimum Gasteiger partial charge on any atom is -0.496 e. The highest BCUT2D eigenvalue weighted by atomic mass is 19.1. The van der Waals surface area contributed by atoms with Gasteiger partial charge >= 0.3 is 5.97 Å². The number of para-hydroxylation sites is 1. The molecule has 3 rings (SSSR count). The summed E-state index contributed by atoms with van der Waals surface area (Å²) in [5, 5.41) is 14.8. The lowest BCUT2D eigenvalue weighted by molar-refractivity contribution is -0.428. The molecule has 0 fully saturated rings. The molecule has 2 aromatic rings. The molecule has 7 nitrogen and oxygen atoms in total. The maximum Gasteiger partial charge on any atom is 0.336 e. The van der Waals surface area contributed by atoms with E-state index in [0.717, 1.165) is 0 Å². The van der Waals surface area contributed by atoms with Crippen LogP contribution in [0.5, 0.6) is 5.75 Å². The third kappa shape index (κ3) is 4.03. The lowest BCUT2D eigenvalue weighted by Crippen LogP contribution is -2.32. The monoisotopic (exact) mass is 448 g/mol. The van der Waals surface area contributed by atoms with Crippen molar-refractivity contribution in [3.05, 3.63) is 92.1 Å². The Hall–Kier alpha value is -3.82. The quantitative estimate of drug-likeness (QED) is 0.403. The molecule has 0 aliphatic carbocycles. The number of nitrogens with one attached hydrogen (secondary N) is 1. The average molecular weight is 448 g/mol. The van der Waals surface area contributed by atoms with E-state index < -0.39 is 51.2 Å². The Balaban J connectivity index is 2.40. The van der Waals surface area contributed by atoms with Gasteiger partial charge in [-0.05, 0) is 19.9 Å². The Labute approximate surface area is 181 Å². The van der Waals surface area contributed by atoms with Gasteiger partial charge in [0.1, 0.15) is 34.8 Å². The Morgan fingerprint density at radius 3 is 2.38 bits per heavy atom. The van der Waals surface area contributed by atoms with Crippen molar-refractivity contribution in [1.82, 2.24) is 5.32 Å². The molecule has 1 unspecified atom stereocenters. The number of carbonyl (C=O) groups excluding carboxylic acids is 1. The van der Waals surface area contributed by atoms with Gasteiger partial charge in [0.25, 0.3) is 5.70 Å². The lowest BCUT2D eigenvalue weighted by atomic mass is 9.82. The summed E-state index contributed by atoms with van der Waals surface area (Å²) in [6.07, 6.45) is 0. The van der Waals surface area contributed by atoms with Crippen LogP contribution in [-0.2, 0) is 9.53 Å². The number of rotatable bonds is 6. The number of ether oxygens (including phenoxy) is 2. The average Bonchev–Trinajstić information content (AvgIpc) is 2.72. The Bertz CT molecular complexity index is 1140. The molecule has 32 heavy (non-hydrogen) atoms. The maximum atomic E-state index is 14.6. The number of benzene rings is 2. The topological polar surface area (TPSA) is 90.7 Å². The van der Waals surface area contributed by atoms with Gasteiger partial charge in [0.05, 0.1) is 29.8 Å². The molecule has 0 saturated heterocycles. The van der Waals surface area contributed by atoms with Gasteiger partial charge in [-0.2, -0.15) is 0 Å². The molecule has 0 amide bonds. The van der Waals surface area contributed by atoms with Crippen LogP contribution in [0.25, 0.3) is 5.70 Å². The van der Waals surface area contributed by atoms with E-state index in [1.165, 1.54) is 26.2 Å². The second-order valence-electron chi connectivity index (χ2n) is 6.82. The highest BCUT2D eigenvalue weighted by molar-refractivity contribution is 5.94. The summed E-state index contributed by atoms with van der Waals surface area (Å²) in [7, 11) is 1.34. The molecule has 1 aliphatic rings. The highest BCUT2D eigenvalue weighted by Gasteiger charge is 2.44. The normalized spacial score (nSPS) is 16.0. The van der Waals surface area contributed by atoms with Crippen molar-refractivity contribution < 1.29 is 32.4 Å². The zero-order valence-electron chi connectivity index (χ0n) is 17.4. The van der Waals surface area contributed by atoms with Crippen molar-refractivity contribution in [2.75, 3.05) is 13.7 Å². The van der Waals surface area contributed by atoms with Gasteiger partial charge in [-0.3, -0.25) is 10.1 Å². The first-order valence-electron chi connectivity index (χ1n) is 9.52. The molecule has 10 heteroatoms. The number of carbonyl (C=O) groups is 1. The molecular formula is C22H19F3N2O5. The summed E-state index contributed by atoms with van der Waals surface area (Å²) in [5.74, 6) is -5.87. The van der Waals surface area contributed by atoms with Crippen LogP contribution in [0.1, 0.15) is 30.9 Å². The number of methoxy groups -OCH3 is 1. The summed E-state index contributed by atoms with van der Waals surface area (Å²) in [6.45, 7) is 2.99. The van der Waals surface area contributed by atoms with E-state index in [4.69, 9.17) is 9.47 Å². The molecule has 2 aromatic carbocycles. The van der Waals surface area contributed by atoms with E-state index in [2.05, 4.69) is 5.32 Å². The number of nitro groups is 1. The van der Waals surface area contributed by atoms with Crippen molar-refractivity contribution in [3.63, 3.8) is 0 Å². The third-order valence-corrected chi connectivity index (χ3v) is 4.93. The van der Waals surface area contributed by atoms with Gasteiger partial charge in [0, 0.05) is 23.4 Å². The summed E-state index contributed by atoms with van der Waals surface area (Å²) >= 11 is 0. The number of allylic oxidation sites excluding steroid dienone is 2. The first kappa shape index (κ1) is 22.9. The van der Waals surface area contributed by atoms with Crippen LogP contribution in [0.4, 0.5) is 13.2 Å². The zero-order valence-corrected chi connectivity index (χ0v) is 17.4. The SMILES string of the molecule is CCOC(=O)C1=C(C)NC(c2c(F)cc(F)cc2F)=C([N+](=O)[O-])C1c1ccccc1OC. The molecule has 168 valence electrons. The van der Waals surface area contributed by atoms with E-state index >= 15 is 0 Å². The molecule has 1 atom stereocenters. The number of esters is 1. The lowest BCUT2D eigenvalue weighted by Gasteiger charge is -2.28. The predicted octanol–water partition coefficient (Wildman–Crippen LogP) is 4.28. The minimum absolute atomic E-state index is 0.000153. The largest absolute Gasteiger partial charge is 0.496 e. The van der Waals surface area contributed by atoms with E-state index in [0.29, 0.717) is 12.1 Å². The van der Waals surface area contributed by atoms with Crippen molar-refractivity contribution in [2.45, 2.75) is 19.8 Å². The van der Waals surface area contributed by atoms with Crippen LogP contribution in [0, 0.1) is 27.6 Å². The third-order valence-electron chi connectivity index (χ3n) is 4.93. The van der Waals surface area contributed by atoms with Crippen LogP contribution in [0.15, 0.2) is 53.4 Å². The van der Waals surface area contributed by atoms with Crippen LogP contribution in [-0.4, -0.2) is 24.6 Å². The van der Waals surface area contributed by atoms with Crippen molar-refractivity contribution in [2.24, 2.45) is 0 Å². The summed E-state index contributed by atoms with van der Waals surface area (Å²) in [6, 6.07) is 7.07. The Morgan fingerprint density at radius 2 is 1.81 bits per heavy atom. The van der Waals surface area contributed by atoms with Gasteiger partial charge < -0.3 is 14.8 Å². The molecule has 0 bridgehead atoms. The number of halogens is 3. The van der Waals surface area contributed by atoms with E-state index in [9.17, 15) is 28.1 Å². The van der Waals surface area contributed by atoms with Crippen LogP contribution >= 0.6 is 0 Å². The molecule has 0 spiro atoms. The molecule has 0 radical (unpaired) electrons. The maximum absolute atomic E-state index is 14.6. The van der Waals surface area contributed by atoms with Gasteiger partial charge in [-0.25, -0.2) is 18.0 Å². The van der Waals surface area contributed by atoms with Gasteiger partial charge in [-0.15, -0.1) is 0 Å². The Morgan fingerprint density at radius 1 is 1.19 bits per heavy atom. The van der Waals surface area contributed by atoms with Crippen molar-refractivity contribution >= 4 is 11.7 Å². The fraction of sp³-hybridized carbons (Fsp3) is 0.227. The number of hydrogen-bond acceptors (Lipinski definition) is 6. The molecule has 1 heterocycles. The summed E-state index contributed by atoms with van der Waals surface area (Å²) < 4.78 is 53.1. The van der Waals surface area contributed by atoms with Gasteiger partial charge in [0.15, 0.2) is 0 Å². The Kier molecular flexibility index (Phi) is 6.52. The van der Waals surface area contributed by atoms with E-state index in [-0.39, 0.29) is 29.2 Å². The number of nitrogens with zero attached hydrogens (tertiary/aromatic N) is 1. The highest BCUT2D eigenvalue weighted by Crippen LogP contribution is 2.45. The standard InChI is InChI=1S/C22H19F3N2O5/c1-4-32-22(28)17-11(2)26-20(19-14(24)9-12(23)10-15(19)25)21(27(29)30)18(17)13-7-5-6-8-16(13)31-3/h5-10,18,26H,4H2,1-3H3. The van der Waals surface area contributed by atoms with Gasteiger partial charge in [-0.1, -0.05) is 18.2 Å². The second-order valence-corrected chi connectivity index (χ2v) is 6.82. The zero-order chi connectivity index (χ0) is 23.6. The van der Waals surface area contributed by atoms with Crippen molar-refractivity contribution in [1.29, 1.82) is 0 Å². The number of dihydropyridines is 1. The minimum atomic E-state index is -1.39. The van der Waals surface area contributed by atoms with E-state index in [1.54, 1.807) is 19.1 Å². The smallest absolute Gasteiger partial charge is 0.336 e. The fourth-order valence-electron chi connectivity index (χ4n) is 3.67. The van der Waals surface area contributed by atoms with Crippen LogP contribution in [0.3, 0.4) is 0 Å². The molecule has 0 aromatic heterocycles. The van der Waals surface area contributed by atoms with Gasteiger partial charge in [0.2, 0.25) is 0 Å². The van der Waals surface area contributed by atoms with Crippen LogP contribution < -0.4 is 10.1 Å². The van der Waals surface area contributed by atoms with Crippen molar-refractivity contribution in [3.8, 4) is 5.75 Å². The first-order valence-corrected chi connectivity index (χ1v) is 9.52. The predicted molar refractivity (Wildman–Crippen MR) is 108 cm³/mol. The molecular weight excluding hydrogens is 429 g/mol. The fourth-order valence-corrected chi connectivity index (χ4v) is 3.67. The second kappa shape index (κ2) is 9.13. The first-order chi connectivity index (χ1) is 15.2.